The molecule has 262 valence electrons. The molecule has 3 unspecified atom stereocenters. The van der Waals surface area contributed by atoms with E-state index in [0.717, 1.165) is 50.3 Å². The van der Waals surface area contributed by atoms with Crippen LogP contribution in [0, 0.1) is 0 Å². The van der Waals surface area contributed by atoms with Gasteiger partial charge < -0.3 is 28.4 Å². The van der Waals surface area contributed by atoms with Gasteiger partial charge in [-0.25, -0.2) is 4.74 Å². The molecule has 0 aromatic carbocycles. The minimum absolute atomic E-state index is 0.736. The van der Waals surface area contributed by atoms with Gasteiger partial charge in [-0.1, -0.05) is 26.5 Å². The lowest BCUT2D eigenvalue weighted by Gasteiger charge is -2.44. The first-order valence-corrected chi connectivity index (χ1v) is 14.5. The summed E-state index contributed by atoms with van der Waals surface area (Å²) in [6.45, 7) is 1.70. The normalized spacial score (nSPS) is 23.9. The van der Waals surface area contributed by atoms with Crippen LogP contribution >= 0.6 is 22.6 Å². The molecule has 0 aliphatic carbocycles. The van der Waals surface area contributed by atoms with Crippen molar-refractivity contribution in [3.63, 3.8) is 0 Å². The molecule has 6 atom stereocenters. The Labute approximate surface area is 261 Å². The van der Waals surface area contributed by atoms with Gasteiger partial charge in [-0.15, -0.1) is 0 Å². The highest BCUT2D eigenvalue weighted by molar-refractivity contribution is 14.1. The summed E-state index contributed by atoms with van der Waals surface area (Å²) >= 11 is 1.00. The van der Waals surface area contributed by atoms with Crippen molar-refractivity contribution in [2.75, 3.05) is 13.2 Å². The van der Waals surface area contributed by atoms with Gasteiger partial charge in [-0.05, 0) is 0 Å². The van der Waals surface area contributed by atoms with Gasteiger partial charge in [0.05, 0.1) is 6.61 Å². The van der Waals surface area contributed by atoms with Crippen LogP contribution in [0.25, 0.3) is 0 Å². The molecule has 0 saturated carbocycles. The van der Waals surface area contributed by atoms with Crippen molar-refractivity contribution in [2.45, 2.75) is 92.1 Å². The molecule has 24 heteroatoms. The standard InChI is InChI=1S/C21H24F9IO13S/c1-8(32)38-7-13-14(40-9(2)33)15(41-10(3)34)16(42-11(4)35)17(43-13)39-6-12(31)5-18(22,23)19(24,25)44-20(26,27)21(28,29)45(30,36)37/h12-17H,5-7H2,1-4H3/t12?,13?,14-,15+,16?,17-/m1/s1. The Kier molecular flexibility index (Phi) is 13.7. The molecule has 1 saturated heterocycles. The summed E-state index contributed by atoms with van der Waals surface area (Å²) in [4.78, 5) is 46.6. The quantitative estimate of drug-likeness (QED) is 0.0592. The molecule has 45 heavy (non-hydrogen) atoms. The fourth-order valence-electron chi connectivity index (χ4n) is 3.42. The number of rotatable bonds is 15. The van der Waals surface area contributed by atoms with E-state index in [4.69, 9.17) is 28.4 Å². The van der Waals surface area contributed by atoms with Gasteiger partial charge in [-0.2, -0.15) is 43.5 Å². The highest BCUT2D eigenvalue weighted by Crippen LogP contribution is 2.49. The molecule has 13 nitrogen and oxygen atoms in total. The van der Waals surface area contributed by atoms with E-state index < -0.39 is 112 Å². The molecule has 1 heterocycles. The van der Waals surface area contributed by atoms with E-state index in [0.29, 0.717) is 0 Å². The Morgan fingerprint density at radius 3 is 1.69 bits per heavy atom. The van der Waals surface area contributed by atoms with Crippen molar-refractivity contribution < 1.29 is 99.8 Å². The van der Waals surface area contributed by atoms with E-state index in [2.05, 4.69) is 4.74 Å². The fraction of sp³-hybridized carbons (Fsp3) is 0.810. The van der Waals surface area contributed by atoms with Crippen LogP contribution in [-0.2, 0) is 62.6 Å². The van der Waals surface area contributed by atoms with E-state index >= 15 is 0 Å². The maximum atomic E-state index is 14.3. The molecule has 0 radical (unpaired) electrons. The van der Waals surface area contributed by atoms with Crippen molar-refractivity contribution in [3.8, 4) is 0 Å². The number of hydrogen-bond donors (Lipinski definition) is 0. The van der Waals surface area contributed by atoms with E-state index in [9.17, 15) is 66.6 Å². The SMILES string of the molecule is CC(=O)OCC1O[C@@H](OCC(I)CC(F)(F)C(F)(F)OC(F)(F)C(F)(F)S(=O)(=O)F)C(OC(C)=O)[C@@H](OC(C)=O)[C@@H]1OC(C)=O. The highest BCUT2D eigenvalue weighted by Gasteiger charge is 2.74. The Morgan fingerprint density at radius 2 is 1.24 bits per heavy atom. The first-order valence-electron chi connectivity index (χ1n) is 11.9. The smallest absolute Gasteiger partial charge is 0.463 e. The van der Waals surface area contributed by atoms with Gasteiger partial charge in [0, 0.05) is 38.0 Å². The average Bonchev–Trinajstić information content (AvgIpc) is 2.81. The summed E-state index contributed by atoms with van der Waals surface area (Å²) in [6.07, 6.45) is -24.6. The lowest BCUT2D eigenvalue weighted by Crippen LogP contribution is -2.63. The van der Waals surface area contributed by atoms with Crippen LogP contribution in [0.5, 0.6) is 0 Å². The Balaban J connectivity index is 3.27. The summed E-state index contributed by atoms with van der Waals surface area (Å²) < 4.78 is 173. The summed E-state index contributed by atoms with van der Waals surface area (Å²) in [5.74, 6) is -9.83. The largest absolute Gasteiger partial charge is 0.464 e. The maximum absolute atomic E-state index is 14.3. The predicted molar refractivity (Wildman–Crippen MR) is 131 cm³/mol. The Hall–Kier alpha value is -2.19. The van der Waals surface area contributed by atoms with Gasteiger partial charge in [-0.3, -0.25) is 19.2 Å². The van der Waals surface area contributed by atoms with E-state index in [1.165, 1.54) is 0 Å². The second-order valence-electron chi connectivity index (χ2n) is 9.00. The predicted octanol–water partition coefficient (Wildman–Crippen LogP) is 3.01. The van der Waals surface area contributed by atoms with Crippen LogP contribution in [0.2, 0.25) is 0 Å². The minimum atomic E-state index is -7.62. The van der Waals surface area contributed by atoms with Gasteiger partial charge >= 0.3 is 57.5 Å². The maximum Gasteiger partial charge on any atom is 0.464 e. The number of ether oxygens (including phenoxy) is 7. The third-order valence-corrected chi connectivity index (χ3v) is 6.84. The molecule has 0 bridgehead atoms. The minimum Gasteiger partial charge on any atom is -0.463 e. The number of carbonyl (C=O) groups excluding carboxylic acids is 4. The Bertz CT molecular complexity index is 1200. The zero-order valence-electron chi connectivity index (χ0n) is 23.1. The van der Waals surface area contributed by atoms with Crippen LogP contribution in [0.15, 0.2) is 0 Å². The summed E-state index contributed by atoms with van der Waals surface area (Å²) in [5, 5.41) is -6.98. The Morgan fingerprint density at radius 1 is 0.778 bits per heavy atom. The number of hydrogen-bond acceptors (Lipinski definition) is 13. The van der Waals surface area contributed by atoms with Crippen molar-refractivity contribution in [3.05, 3.63) is 0 Å². The first-order chi connectivity index (χ1) is 20.1. The molecule has 1 aliphatic rings. The molecular formula is C21H24F9IO13S. The third-order valence-electron chi connectivity index (χ3n) is 5.19. The molecular weight excluding hydrogens is 790 g/mol. The number of esters is 4. The van der Waals surface area contributed by atoms with Gasteiger partial charge in [0.2, 0.25) is 0 Å². The van der Waals surface area contributed by atoms with E-state index in [1.807, 2.05) is 0 Å². The molecule has 0 N–H and O–H groups in total. The summed E-state index contributed by atoms with van der Waals surface area (Å²) in [5.41, 5.74) is 0. The number of alkyl halides is 9. The fourth-order valence-corrected chi connectivity index (χ4v) is 4.50. The molecule has 0 aromatic rings. The first kappa shape index (κ1) is 40.8. The zero-order chi connectivity index (χ0) is 35.3. The molecule has 1 aliphatic heterocycles. The molecule has 0 aromatic heterocycles. The van der Waals surface area contributed by atoms with Gasteiger partial charge in [0.15, 0.2) is 24.6 Å². The van der Waals surface area contributed by atoms with Crippen LogP contribution < -0.4 is 0 Å². The third kappa shape index (κ3) is 10.9. The molecule has 1 fully saturated rings. The lowest BCUT2D eigenvalue weighted by molar-refractivity contribution is -0.456. The summed E-state index contributed by atoms with van der Waals surface area (Å²) in [6, 6.07) is 0. The van der Waals surface area contributed by atoms with E-state index in [-0.39, 0.29) is 0 Å². The lowest BCUT2D eigenvalue weighted by atomic mass is 9.98. The van der Waals surface area contributed by atoms with Gasteiger partial charge in [0.1, 0.15) is 12.7 Å². The second kappa shape index (κ2) is 15.1. The summed E-state index contributed by atoms with van der Waals surface area (Å²) in [7, 11) is -7.62. The van der Waals surface area contributed by atoms with Crippen molar-refractivity contribution in [1.82, 2.24) is 0 Å². The molecule has 0 spiro atoms. The van der Waals surface area contributed by atoms with Crippen LogP contribution in [0.1, 0.15) is 34.1 Å². The molecule has 1 rings (SSSR count). The van der Waals surface area contributed by atoms with Crippen LogP contribution in [-0.4, -0.2) is 104 Å². The van der Waals surface area contributed by atoms with Crippen molar-refractivity contribution in [1.29, 1.82) is 0 Å². The molecule has 0 amide bonds. The average molecular weight is 814 g/mol. The van der Waals surface area contributed by atoms with Crippen molar-refractivity contribution in [2.24, 2.45) is 0 Å². The van der Waals surface area contributed by atoms with E-state index in [1.54, 1.807) is 0 Å². The zero-order valence-corrected chi connectivity index (χ0v) is 26.1. The highest BCUT2D eigenvalue weighted by atomic mass is 127. The number of halogens is 10. The monoisotopic (exact) mass is 814 g/mol. The topological polar surface area (TPSA) is 167 Å². The second-order valence-corrected chi connectivity index (χ2v) is 12.1. The van der Waals surface area contributed by atoms with Crippen LogP contribution in [0.4, 0.5) is 39.0 Å². The van der Waals surface area contributed by atoms with Crippen LogP contribution in [0.3, 0.4) is 0 Å². The van der Waals surface area contributed by atoms with Gasteiger partial charge in [0.25, 0.3) is 0 Å². The number of carbonyl (C=O) groups is 4. The van der Waals surface area contributed by atoms with Crippen molar-refractivity contribution >= 4 is 56.7 Å².